The monoisotopic (exact) mass is 346 g/mol. The Morgan fingerprint density at radius 3 is 2.23 bits per heavy atom. The van der Waals surface area contributed by atoms with Crippen molar-refractivity contribution in [3.8, 4) is 11.3 Å². The highest BCUT2D eigenvalue weighted by atomic mass is 15.1. The average Bonchev–Trinajstić information content (AvgIpc) is 2.68. The summed E-state index contributed by atoms with van der Waals surface area (Å²) in [6.07, 6.45) is 0.959. The molecule has 2 N–H and O–H groups in total. The van der Waals surface area contributed by atoms with Crippen LogP contribution in [0.2, 0.25) is 0 Å². The second kappa shape index (κ2) is 8.99. The van der Waals surface area contributed by atoms with Gasteiger partial charge in [-0.2, -0.15) is 4.98 Å². The van der Waals surface area contributed by atoms with Gasteiger partial charge in [0, 0.05) is 24.7 Å². The lowest BCUT2D eigenvalue weighted by atomic mass is 10.1. The Morgan fingerprint density at radius 2 is 1.54 bits per heavy atom. The Balaban J connectivity index is 1.75. The van der Waals surface area contributed by atoms with Crippen molar-refractivity contribution in [2.45, 2.75) is 20.3 Å². The van der Waals surface area contributed by atoms with Crippen LogP contribution in [0.25, 0.3) is 11.3 Å². The molecule has 26 heavy (non-hydrogen) atoms. The van der Waals surface area contributed by atoms with Crippen molar-refractivity contribution in [1.29, 1.82) is 0 Å². The Bertz CT molecular complexity index is 801. The van der Waals surface area contributed by atoms with Crippen LogP contribution in [-0.4, -0.2) is 23.1 Å². The van der Waals surface area contributed by atoms with Crippen LogP contribution in [-0.2, 0) is 6.42 Å². The van der Waals surface area contributed by atoms with Crippen LogP contribution in [0.15, 0.2) is 66.7 Å². The van der Waals surface area contributed by atoms with Crippen molar-refractivity contribution in [1.82, 2.24) is 9.97 Å². The number of hydrogen-bond donors (Lipinski definition) is 2. The normalized spacial score (nSPS) is 10.7. The molecule has 0 unspecified atom stereocenters. The largest absolute Gasteiger partial charge is 0.370 e. The van der Waals surface area contributed by atoms with E-state index in [1.54, 1.807) is 0 Å². The van der Waals surface area contributed by atoms with Gasteiger partial charge in [0.15, 0.2) is 0 Å². The number of benzene rings is 2. The molecule has 0 fully saturated rings. The highest BCUT2D eigenvalue weighted by Crippen LogP contribution is 2.21. The lowest BCUT2D eigenvalue weighted by molar-refractivity contribution is 0.684. The van der Waals surface area contributed by atoms with Gasteiger partial charge in [0.2, 0.25) is 5.95 Å². The summed E-state index contributed by atoms with van der Waals surface area (Å²) >= 11 is 0. The van der Waals surface area contributed by atoms with Gasteiger partial charge in [-0.3, -0.25) is 0 Å². The molecule has 0 radical (unpaired) electrons. The van der Waals surface area contributed by atoms with Crippen LogP contribution in [0, 0.1) is 5.92 Å². The first-order chi connectivity index (χ1) is 12.7. The van der Waals surface area contributed by atoms with Gasteiger partial charge in [-0.15, -0.1) is 0 Å². The van der Waals surface area contributed by atoms with E-state index >= 15 is 0 Å². The predicted molar refractivity (Wildman–Crippen MR) is 109 cm³/mol. The number of hydrogen-bond acceptors (Lipinski definition) is 4. The van der Waals surface area contributed by atoms with Gasteiger partial charge in [-0.1, -0.05) is 74.5 Å². The number of nitrogens with one attached hydrogen (secondary N) is 2. The molecule has 1 heterocycles. The Morgan fingerprint density at radius 1 is 0.846 bits per heavy atom. The van der Waals surface area contributed by atoms with Gasteiger partial charge >= 0.3 is 0 Å². The maximum absolute atomic E-state index is 4.68. The first kappa shape index (κ1) is 17.9. The molecule has 0 spiro atoms. The van der Waals surface area contributed by atoms with E-state index in [0.717, 1.165) is 36.6 Å². The fourth-order valence-electron chi connectivity index (χ4n) is 2.65. The molecule has 1 aromatic heterocycles. The van der Waals surface area contributed by atoms with Crippen LogP contribution < -0.4 is 10.6 Å². The van der Waals surface area contributed by atoms with E-state index in [9.17, 15) is 0 Å². The molecule has 4 nitrogen and oxygen atoms in total. The zero-order valence-electron chi connectivity index (χ0n) is 15.4. The molecule has 134 valence electrons. The fraction of sp³-hybridized carbons (Fsp3) is 0.273. The molecule has 0 aliphatic rings. The second-order valence-corrected chi connectivity index (χ2v) is 6.77. The Labute approximate surface area is 155 Å². The first-order valence-electron chi connectivity index (χ1n) is 9.17. The van der Waals surface area contributed by atoms with E-state index in [-0.39, 0.29) is 0 Å². The number of rotatable bonds is 8. The van der Waals surface area contributed by atoms with Crippen molar-refractivity contribution >= 4 is 11.8 Å². The van der Waals surface area contributed by atoms with Crippen LogP contribution in [0.3, 0.4) is 0 Å². The van der Waals surface area contributed by atoms with Gasteiger partial charge < -0.3 is 10.6 Å². The molecular weight excluding hydrogens is 320 g/mol. The van der Waals surface area contributed by atoms with Crippen molar-refractivity contribution in [3.63, 3.8) is 0 Å². The van der Waals surface area contributed by atoms with Gasteiger partial charge in [-0.05, 0) is 17.9 Å². The summed E-state index contributed by atoms with van der Waals surface area (Å²) in [4.78, 5) is 9.31. The van der Waals surface area contributed by atoms with E-state index < -0.39 is 0 Å². The molecule has 3 aromatic rings. The van der Waals surface area contributed by atoms with Crippen molar-refractivity contribution < 1.29 is 0 Å². The standard InChI is InChI=1S/C22H26N4/c1-17(2)16-24-22-25-20(19-11-7-4-8-12-19)15-21(26-22)23-14-13-18-9-5-3-6-10-18/h3-12,15,17H,13-14,16H2,1-2H3,(H2,23,24,25,26). The highest BCUT2D eigenvalue weighted by Gasteiger charge is 2.07. The predicted octanol–water partition coefficient (Wildman–Crippen LogP) is 4.87. The summed E-state index contributed by atoms with van der Waals surface area (Å²) < 4.78 is 0. The third-order valence-electron chi connectivity index (χ3n) is 4.03. The third-order valence-corrected chi connectivity index (χ3v) is 4.03. The lowest BCUT2D eigenvalue weighted by Gasteiger charge is -2.12. The molecule has 0 atom stereocenters. The quantitative estimate of drug-likeness (QED) is 0.611. The van der Waals surface area contributed by atoms with Gasteiger partial charge in [0.25, 0.3) is 0 Å². The molecular formula is C22H26N4. The van der Waals surface area contributed by atoms with Crippen molar-refractivity contribution in [2.75, 3.05) is 23.7 Å². The molecule has 0 aliphatic carbocycles. The van der Waals surface area contributed by atoms with E-state index in [1.165, 1.54) is 5.56 Å². The average molecular weight is 346 g/mol. The number of aromatic nitrogens is 2. The van der Waals surface area contributed by atoms with Gasteiger partial charge in [-0.25, -0.2) is 4.98 Å². The summed E-state index contributed by atoms with van der Waals surface area (Å²) in [5.41, 5.74) is 3.33. The van der Waals surface area contributed by atoms with Crippen LogP contribution >= 0.6 is 0 Å². The molecule has 0 saturated heterocycles. The van der Waals surface area contributed by atoms with E-state index in [4.69, 9.17) is 0 Å². The number of anilines is 2. The summed E-state index contributed by atoms with van der Waals surface area (Å²) in [5, 5.41) is 6.78. The third kappa shape index (κ3) is 5.31. The summed E-state index contributed by atoms with van der Waals surface area (Å²) in [6, 6.07) is 22.7. The van der Waals surface area contributed by atoms with E-state index in [0.29, 0.717) is 11.9 Å². The fourth-order valence-corrected chi connectivity index (χ4v) is 2.65. The molecule has 0 bridgehead atoms. The molecule has 2 aromatic carbocycles. The topological polar surface area (TPSA) is 49.8 Å². The Kier molecular flexibility index (Phi) is 6.20. The zero-order chi connectivity index (χ0) is 18.2. The maximum atomic E-state index is 4.68. The maximum Gasteiger partial charge on any atom is 0.225 e. The van der Waals surface area contributed by atoms with Crippen LogP contribution in [0.1, 0.15) is 19.4 Å². The minimum atomic E-state index is 0.536. The molecule has 0 saturated carbocycles. The minimum Gasteiger partial charge on any atom is -0.370 e. The second-order valence-electron chi connectivity index (χ2n) is 6.77. The summed E-state index contributed by atoms with van der Waals surface area (Å²) in [7, 11) is 0. The molecule has 0 amide bonds. The first-order valence-corrected chi connectivity index (χ1v) is 9.17. The Hall–Kier alpha value is -2.88. The summed E-state index contributed by atoms with van der Waals surface area (Å²) in [6.45, 7) is 6.03. The smallest absolute Gasteiger partial charge is 0.225 e. The lowest BCUT2D eigenvalue weighted by Crippen LogP contribution is -2.13. The van der Waals surface area contributed by atoms with E-state index in [1.807, 2.05) is 30.3 Å². The molecule has 4 heteroatoms. The minimum absolute atomic E-state index is 0.536. The van der Waals surface area contributed by atoms with Gasteiger partial charge in [0.05, 0.1) is 5.69 Å². The number of nitrogens with zero attached hydrogens (tertiary/aromatic N) is 2. The van der Waals surface area contributed by atoms with Crippen molar-refractivity contribution in [2.24, 2.45) is 5.92 Å². The molecule has 0 aliphatic heterocycles. The summed E-state index contributed by atoms with van der Waals surface area (Å²) in [5.74, 6) is 2.05. The van der Waals surface area contributed by atoms with E-state index in [2.05, 4.69) is 70.8 Å². The van der Waals surface area contributed by atoms with Crippen LogP contribution in [0.4, 0.5) is 11.8 Å². The molecule has 3 rings (SSSR count). The van der Waals surface area contributed by atoms with Gasteiger partial charge in [0.1, 0.15) is 5.82 Å². The highest BCUT2D eigenvalue weighted by molar-refractivity contribution is 5.64. The SMILES string of the molecule is CC(C)CNc1nc(NCCc2ccccc2)cc(-c2ccccc2)n1. The zero-order valence-corrected chi connectivity index (χ0v) is 15.4. The van der Waals surface area contributed by atoms with Crippen LogP contribution in [0.5, 0.6) is 0 Å². The van der Waals surface area contributed by atoms with Crippen molar-refractivity contribution in [3.05, 3.63) is 72.3 Å².